The maximum absolute atomic E-state index is 13.0. The number of amides is 1. The molecule has 1 aliphatic carbocycles. The first-order valence-corrected chi connectivity index (χ1v) is 8.58. The van der Waals surface area contributed by atoms with Crippen molar-refractivity contribution < 1.29 is 14.1 Å². The molecule has 1 amide bonds. The molecule has 0 spiro atoms. The number of rotatable bonds is 3. The van der Waals surface area contributed by atoms with Gasteiger partial charge < -0.3 is 14.2 Å². The predicted molar refractivity (Wildman–Crippen MR) is 89.5 cm³/mol. The van der Waals surface area contributed by atoms with Crippen molar-refractivity contribution in [3.8, 4) is 11.4 Å². The van der Waals surface area contributed by atoms with Gasteiger partial charge in [-0.1, -0.05) is 17.3 Å². The number of ether oxygens (including phenoxy) is 1. The van der Waals surface area contributed by atoms with Crippen LogP contribution in [-0.2, 0) is 9.53 Å². The molecule has 1 aliphatic heterocycles. The van der Waals surface area contributed by atoms with E-state index in [4.69, 9.17) is 9.26 Å². The molecule has 0 unspecified atom stereocenters. The van der Waals surface area contributed by atoms with Crippen molar-refractivity contribution in [1.29, 1.82) is 0 Å². The van der Waals surface area contributed by atoms with Gasteiger partial charge in [-0.15, -0.1) is 0 Å². The highest BCUT2D eigenvalue weighted by atomic mass is 16.5. The Morgan fingerprint density at radius 3 is 2.68 bits per heavy atom. The number of pyridine rings is 1. The molecule has 25 heavy (non-hydrogen) atoms. The maximum Gasteiger partial charge on any atom is 0.231 e. The third-order valence-corrected chi connectivity index (χ3v) is 4.77. The fourth-order valence-corrected chi connectivity index (χ4v) is 3.38. The van der Waals surface area contributed by atoms with Crippen molar-refractivity contribution in [1.82, 2.24) is 20.0 Å². The van der Waals surface area contributed by atoms with E-state index in [0.717, 1.165) is 12.0 Å². The average molecular weight is 340 g/mol. The Balaban J connectivity index is 1.56. The number of carbonyl (C=O) groups is 1. The van der Waals surface area contributed by atoms with Gasteiger partial charge in [0.25, 0.3) is 0 Å². The average Bonchev–Trinajstić information content (AvgIpc) is 3.19. The lowest BCUT2D eigenvalue weighted by Gasteiger charge is -2.33. The molecule has 2 aromatic heterocycles. The highest BCUT2D eigenvalue weighted by molar-refractivity contribution is 5.80. The fourth-order valence-electron chi connectivity index (χ4n) is 3.38. The van der Waals surface area contributed by atoms with Crippen molar-refractivity contribution in [2.45, 2.75) is 18.8 Å². The van der Waals surface area contributed by atoms with Crippen molar-refractivity contribution in [2.24, 2.45) is 5.92 Å². The van der Waals surface area contributed by atoms with Crippen LogP contribution in [0.15, 0.2) is 41.2 Å². The number of nitrogens with zero attached hydrogens (tertiary/aromatic N) is 4. The van der Waals surface area contributed by atoms with Crippen LogP contribution in [0.3, 0.4) is 0 Å². The number of morpholine rings is 1. The van der Waals surface area contributed by atoms with E-state index in [-0.39, 0.29) is 17.7 Å². The number of hydrogen-bond acceptors (Lipinski definition) is 6. The summed E-state index contributed by atoms with van der Waals surface area (Å²) in [6, 6.07) is 3.68. The van der Waals surface area contributed by atoms with E-state index < -0.39 is 0 Å². The number of hydrogen-bond donors (Lipinski definition) is 0. The molecule has 7 nitrogen and oxygen atoms in total. The Morgan fingerprint density at radius 1 is 1.12 bits per heavy atom. The van der Waals surface area contributed by atoms with Crippen LogP contribution in [0.25, 0.3) is 11.4 Å². The molecule has 0 N–H and O–H groups in total. The number of aromatic nitrogens is 3. The van der Waals surface area contributed by atoms with E-state index in [1.165, 1.54) is 0 Å². The summed E-state index contributed by atoms with van der Waals surface area (Å²) >= 11 is 0. The van der Waals surface area contributed by atoms with E-state index in [1.807, 2.05) is 17.0 Å². The summed E-state index contributed by atoms with van der Waals surface area (Å²) < 4.78 is 10.9. The van der Waals surface area contributed by atoms with Gasteiger partial charge in [0.05, 0.1) is 25.0 Å². The van der Waals surface area contributed by atoms with Gasteiger partial charge in [0.2, 0.25) is 17.6 Å². The minimum Gasteiger partial charge on any atom is -0.378 e. The zero-order chi connectivity index (χ0) is 17.1. The lowest BCUT2D eigenvalue weighted by atomic mass is 9.81. The van der Waals surface area contributed by atoms with Gasteiger partial charge in [0.15, 0.2) is 0 Å². The lowest BCUT2D eigenvalue weighted by molar-refractivity contribution is -0.140. The summed E-state index contributed by atoms with van der Waals surface area (Å²) in [5.74, 6) is 0.978. The smallest absolute Gasteiger partial charge is 0.231 e. The second kappa shape index (κ2) is 7.14. The molecular formula is C18H20N4O3. The number of allylic oxidation sites excluding steroid dienone is 2. The minimum atomic E-state index is -0.158. The first-order valence-electron chi connectivity index (χ1n) is 8.58. The van der Waals surface area contributed by atoms with Crippen LogP contribution in [0, 0.1) is 5.92 Å². The Kier molecular flexibility index (Phi) is 4.56. The molecule has 2 aromatic rings. The molecule has 130 valence electrons. The van der Waals surface area contributed by atoms with Crippen molar-refractivity contribution in [2.75, 3.05) is 26.3 Å². The summed E-state index contributed by atoms with van der Waals surface area (Å²) in [6.45, 7) is 2.51. The molecule has 2 aliphatic rings. The van der Waals surface area contributed by atoms with Crippen LogP contribution in [-0.4, -0.2) is 52.2 Å². The SMILES string of the molecule is O=C([C@@H]1CC=CC[C@H]1c1nc(-c2ccncc2)no1)N1CCOCC1. The lowest BCUT2D eigenvalue weighted by Crippen LogP contribution is -2.45. The van der Waals surface area contributed by atoms with Crippen molar-refractivity contribution in [3.63, 3.8) is 0 Å². The van der Waals surface area contributed by atoms with E-state index >= 15 is 0 Å². The van der Waals surface area contributed by atoms with E-state index in [0.29, 0.717) is 44.4 Å². The maximum atomic E-state index is 13.0. The summed E-state index contributed by atoms with van der Waals surface area (Å²) in [5.41, 5.74) is 0.854. The standard InChI is InChI=1S/C18H20N4O3/c23-18(22-9-11-24-12-10-22)15-4-2-1-3-14(15)17-20-16(21-25-17)13-5-7-19-8-6-13/h1-2,5-8,14-15H,3-4,9-12H2/t14-,15-/m1/s1. The third kappa shape index (κ3) is 3.32. The van der Waals surface area contributed by atoms with Gasteiger partial charge in [-0.2, -0.15) is 4.98 Å². The highest BCUT2D eigenvalue weighted by Gasteiger charge is 2.36. The monoisotopic (exact) mass is 340 g/mol. The van der Waals surface area contributed by atoms with Crippen LogP contribution in [0.1, 0.15) is 24.7 Å². The van der Waals surface area contributed by atoms with Gasteiger partial charge in [-0.3, -0.25) is 9.78 Å². The molecule has 3 heterocycles. The molecule has 2 atom stereocenters. The fraction of sp³-hybridized carbons (Fsp3) is 0.444. The Bertz CT molecular complexity index is 753. The largest absolute Gasteiger partial charge is 0.378 e. The molecule has 0 radical (unpaired) electrons. The van der Waals surface area contributed by atoms with Gasteiger partial charge in [-0.05, 0) is 25.0 Å². The predicted octanol–water partition coefficient (Wildman–Crippen LogP) is 2.04. The van der Waals surface area contributed by atoms with E-state index in [1.54, 1.807) is 12.4 Å². The quantitative estimate of drug-likeness (QED) is 0.795. The van der Waals surface area contributed by atoms with Crippen molar-refractivity contribution >= 4 is 5.91 Å². The summed E-state index contributed by atoms with van der Waals surface area (Å²) in [6.07, 6.45) is 8.98. The summed E-state index contributed by atoms with van der Waals surface area (Å²) in [7, 11) is 0. The van der Waals surface area contributed by atoms with Crippen LogP contribution in [0.5, 0.6) is 0 Å². The minimum absolute atomic E-state index is 0.0802. The molecule has 1 saturated heterocycles. The van der Waals surface area contributed by atoms with Crippen LogP contribution in [0.4, 0.5) is 0 Å². The normalized spacial score (nSPS) is 23.6. The van der Waals surface area contributed by atoms with Gasteiger partial charge in [-0.25, -0.2) is 0 Å². The second-order valence-corrected chi connectivity index (χ2v) is 6.29. The van der Waals surface area contributed by atoms with Gasteiger partial charge in [0.1, 0.15) is 0 Å². The summed E-state index contributed by atoms with van der Waals surface area (Å²) in [4.78, 5) is 23.4. The van der Waals surface area contributed by atoms with Gasteiger partial charge >= 0.3 is 0 Å². The molecular weight excluding hydrogens is 320 g/mol. The van der Waals surface area contributed by atoms with Crippen LogP contribution < -0.4 is 0 Å². The second-order valence-electron chi connectivity index (χ2n) is 6.29. The van der Waals surface area contributed by atoms with E-state index in [9.17, 15) is 4.79 Å². The highest BCUT2D eigenvalue weighted by Crippen LogP contribution is 2.35. The molecule has 7 heteroatoms. The first-order chi connectivity index (χ1) is 12.3. The van der Waals surface area contributed by atoms with Crippen molar-refractivity contribution in [3.05, 3.63) is 42.6 Å². The van der Waals surface area contributed by atoms with E-state index in [2.05, 4.69) is 27.3 Å². The Labute approximate surface area is 145 Å². The summed E-state index contributed by atoms with van der Waals surface area (Å²) in [5, 5.41) is 4.09. The topological polar surface area (TPSA) is 81.3 Å². The molecule has 0 bridgehead atoms. The molecule has 1 fully saturated rings. The Morgan fingerprint density at radius 2 is 1.88 bits per heavy atom. The first kappa shape index (κ1) is 16.0. The number of carbonyl (C=O) groups excluding carboxylic acids is 1. The zero-order valence-corrected chi connectivity index (χ0v) is 13.9. The Hall–Kier alpha value is -2.54. The van der Waals surface area contributed by atoms with Gasteiger partial charge in [0, 0.05) is 31.0 Å². The molecule has 0 saturated carbocycles. The zero-order valence-electron chi connectivity index (χ0n) is 13.9. The molecule has 4 rings (SSSR count). The third-order valence-electron chi connectivity index (χ3n) is 4.77. The van der Waals surface area contributed by atoms with Crippen LogP contribution in [0.2, 0.25) is 0 Å². The molecule has 0 aromatic carbocycles. The van der Waals surface area contributed by atoms with Crippen LogP contribution >= 0.6 is 0 Å².